The zero-order valence-corrected chi connectivity index (χ0v) is 13.7. The molecule has 0 fully saturated rings. The minimum Gasteiger partial charge on any atom is -0.478 e. The van der Waals surface area contributed by atoms with Gasteiger partial charge >= 0.3 is 5.97 Å². The molecule has 0 atom stereocenters. The van der Waals surface area contributed by atoms with Gasteiger partial charge in [0.05, 0.1) is 5.56 Å². The van der Waals surface area contributed by atoms with Crippen molar-refractivity contribution in [3.63, 3.8) is 0 Å². The van der Waals surface area contributed by atoms with Crippen molar-refractivity contribution in [2.24, 2.45) is 0 Å². The first-order valence-electron chi connectivity index (χ1n) is 6.28. The zero-order valence-electron chi connectivity index (χ0n) is 11.3. The molecule has 0 saturated heterocycles. The Hall–Kier alpha value is -1.26. The standard InChI is InChI=1S/C16H15BrO2S/c1-10(2)11-3-6-13(7-4-11)20-15-8-5-12(16(18)19)9-14(15)17/h3-10H,1-2H3,(H,18,19). The predicted octanol–water partition coefficient (Wildman–Crippen LogP) is 5.42. The molecule has 0 spiro atoms. The maximum absolute atomic E-state index is 10.9. The molecule has 0 saturated carbocycles. The van der Waals surface area contributed by atoms with E-state index in [0.717, 1.165) is 14.3 Å². The predicted molar refractivity (Wildman–Crippen MR) is 85.8 cm³/mol. The van der Waals surface area contributed by atoms with Gasteiger partial charge < -0.3 is 5.11 Å². The third kappa shape index (κ3) is 3.64. The number of hydrogen-bond donors (Lipinski definition) is 1. The number of carboxylic acid groups (broad SMARTS) is 1. The first kappa shape index (κ1) is 15.1. The molecule has 0 bridgehead atoms. The Morgan fingerprint density at radius 2 is 1.80 bits per heavy atom. The minimum absolute atomic E-state index is 0.288. The molecule has 2 aromatic carbocycles. The highest BCUT2D eigenvalue weighted by Crippen LogP contribution is 2.34. The Labute approximate surface area is 131 Å². The fourth-order valence-corrected chi connectivity index (χ4v) is 3.20. The van der Waals surface area contributed by atoms with Crippen molar-refractivity contribution < 1.29 is 9.90 Å². The first-order chi connectivity index (χ1) is 9.47. The summed E-state index contributed by atoms with van der Waals surface area (Å²) in [6.45, 7) is 4.34. The number of rotatable bonds is 4. The first-order valence-corrected chi connectivity index (χ1v) is 7.89. The van der Waals surface area contributed by atoms with Crippen LogP contribution < -0.4 is 0 Å². The molecule has 2 rings (SSSR count). The molecule has 4 heteroatoms. The highest BCUT2D eigenvalue weighted by molar-refractivity contribution is 9.10. The van der Waals surface area contributed by atoms with E-state index in [1.165, 1.54) is 5.56 Å². The molecule has 2 nitrogen and oxygen atoms in total. The van der Waals surface area contributed by atoms with Crippen molar-refractivity contribution >= 4 is 33.7 Å². The average molecular weight is 351 g/mol. The summed E-state index contributed by atoms with van der Waals surface area (Å²) in [6.07, 6.45) is 0. The molecule has 0 aliphatic heterocycles. The van der Waals surface area contributed by atoms with Gasteiger partial charge in [0.1, 0.15) is 0 Å². The van der Waals surface area contributed by atoms with Crippen molar-refractivity contribution in [2.75, 3.05) is 0 Å². The van der Waals surface area contributed by atoms with E-state index < -0.39 is 5.97 Å². The average Bonchev–Trinajstić information content (AvgIpc) is 2.41. The van der Waals surface area contributed by atoms with Gasteiger partial charge in [-0.05, 0) is 57.7 Å². The van der Waals surface area contributed by atoms with E-state index in [1.54, 1.807) is 23.9 Å². The second-order valence-corrected chi connectivity index (χ2v) is 6.75. The van der Waals surface area contributed by atoms with Crippen molar-refractivity contribution in [1.29, 1.82) is 0 Å². The molecule has 0 aromatic heterocycles. The molecule has 20 heavy (non-hydrogen) atoms. The van der Waals surface area contributed by atoms with Crippen molar-refractivity contribution in [2.45, 2.75) is 29.6 Å². The van der Waals surface area contributed by atoms with Gasteiger partial charge in [0, 0.05) is 14.3 Å². The second-order valence-electron chi connectivity index (χ2n) is 4.78. The van der Waals surface area contributed by atoms with Crippen LogP contribution in [0.25, 0.3) is 0 Å². The Kier molecular flexibility index (Phi) is 4.89. The van der Waals surface area contributed by atoms with Gasteiger partial charge in [0.25, 0.3) is 0 Å². The largest absolute Gasteiger partial charge is 0.478 e. The SMILES string of the molecule is CC(C)c1ccc(Sc2ccc(C(=O)O)cc2Br)cc1. The van der Waals surface area contributed by atoms with Crippen LogP contribution in [0, 0.1) is 0 Å². The molecule has 0 aliphatic rings. The molecule has 0 radical (unpaired) electrons. The van der Waals surface area contributed by atoms with E-state index in [2.05, 4.69) is 54.0 Å². The fourth-order valence-electron chi connectivity index (χ4n) is 1.76. The molecule has 0 heterocycles. The topological polar surface area (TPSA) is 37.3 Å². The van der Waals surface area contributed by atoms with Crippen LogP contribution in [0.2, 0.25) is 0 Å². The Morgan fingerprint density at radius 1 is 1.15 bits per heavy atom. The molecular weight excluding hydrogens is 336 g/mol. The number of carboxylic acids is 1. The quantitative estimate of drug-likeness (QED) is 0.799. The second kappa shape index (κ2) is 6.46. The van der Waals surface area contributed by atoms with Crippen LogP contribution in [0.1, 0.15) is 35.7 Å². The van der Waals surface area contributed by atoms with E-state index in [9.17, 15) is 4.79 Å². The van der Waals surface area contributed by atoms with Crippen LogP contribution in [0.4, 0.5) is 0 Å². The van der Waals surface area contributed by atoms with Crippen LogP contribution in [-0.4, -0.2) is 11.1 Å². The maximum atomic E-state index is 10.9. The zero-order chi connectivity index (χ0) is 14.7. The monoisotopic (exact) mass is 350 g/mol. The lowest BCUT2D eigenvalue weighted by atomic mass is 10.0. The van der Waals surface area contributed by atoms with Crippen LogP contribution in [-0.2, 0) is 0 Å². The fraction of sp³-hybridized carbons (Fsp3) is 0.188. The number of aromatic carboxylic acids is 1. The smallest absolute Gasteiger partial charge is 0.335 e. The summed E-state index contributed by atoms with van der Waals surface area (Å²) in [4.78, 5) is 13.0. The Morgan fingerprint density at radius 3 is 2.30 bits per heavy atom. The number of hydrogen-bond acceptors (Lipinski definition) is 2. The summed E-state index contributed by atoms with van der Waals surface area (Å²) in [7, 11) is 0. The van der Waals surface area contributed by atoms with Crippen LogP contribution >= 0.6 is 27.7 Å². The van der Waals surface area contributed by atoms with E-state index >= 15 is 0 Å². The van der Waals surface area contributed by atoms with Gasteiger partial charge in [0.15, 0.2) is 0 Å². The summed E-state index contributed by atoms with van der Waals surface area (Å²) >= 11 is 5.04. The van der Waals surface area contributed by atoms with Gasteiger partial charge in [-0.25, -0.2) is 4.79 Å². The van der Waals surface area contributed by atoms with E-state index in [0.29, 0.717) is 5.92 Å². The van der Waals surface area contributed by atoms with Gasteiger partial charge in [-0.3, -0.25) is 0 Å². The summed E-state index contributed by atoms with van der Waals surface area (Å²) in [5.41, 5.74) is 1.60. The molecule has 0 aliphatic carbocycles. The lowest BCUT2D eigenvalue weighted by Gasteiger charge is -2.08. The molecule has 104 valence electrons. The van der Waals surface area contributed by atoms with E-state index in [1.807, 2.05) is 6.07 Å². The summed E-state index contributed by atoms with van der Waals surface area (Å²) in [6, 6.07) is 13.5. The van der Waals surface area contributed by atoms with Gasteiger partial charge in [-0.2, -0.15) is 0 Å². The molecule has 0 amide bonds. The lowest BCUT2D eigenvalue weighted by Crippen LogP contribution is -1.95. The van der Waals surface area contributed by atoms with Crippen molar-refractivity contribution in [1.82, 2.24) is 0 Å². The number of carbonyl (C=O) groups is 1. The van der Waals surface area contributed by atoms with Crippen molar-refractivity contribution in [3.8, 4) is 0 Å². The van der Waals surface area contributed by atoms with E-state index in [-0.39, 0.29) is 5.56 Å². The van der Waals surface area contributed by atoms with Crippen LogP contribution in [0.5, 0.6) is 0 Å². The Balaban J connectivity index is 2.19. The van der Waals surface area contributed by atoms with Crippen LogP contribution in [0.3, 0.4) is 0 Å². The Bertz CT molecular complexity index is 621. The van der Waals surface area contributed by atoms with Crippen LogP contribution in [0.15, 0.2) is 56.7 Å². The maximum Gasteiger partial charge on any atom is 0.335 e. The third-order valence-corrected chi connectivity index (χ3v) is 4.96. The minimum atomic E-state index is -0.913. The summed E-state index contributed by atoms with van der Waals surface area (Å²) in [5, 5.41) is 8.94. The molecule has 0 unspecified atom stereocenters. The lowest BCUT2D eigenvalue weighted by molar-refractivity contribution is 0.0696. The highest BCUT2D eigenvalue weighted by Gasteiger charge is 2.08. The summed E-state index contributed by atoms with van der Waals surface area (Å²) in [5.74, 6) is -0.390. The van der Waals surface area contributed by atoms with Crippen molar-refractivity contribution in [3.05, 3.63) is 58.1 Å². The van der Waals surface area contributed by atoms with Gasteiger partial charge in [-0.1, -0.05) is 37.7 Å². The number of benzene rings is 2. The summed E-state index contributed by atoms with van der Waals surface area (Å²) < 4.78 is 0.801. The molecule has 1 N–H and O–H groups in total. The van der Waals surface area contributed by atoms with Gasteiger partial charge in [-0.15, -0.1) is 0 Å². The van der Waals surface area contributed by atoms with E-state index in [4.69, 9.17) is 5.11 Å². The third-order valence-electron chi connectivity index (χ3n) is 2.95. The normalized spacial score (nSPS) is 10.8. The molecular formula is C16H15BrO2S. The van der Waals surface area contributed by atoms with Gasteiger partial charge in [0.2, 0.25) is 0 Å². The molecule has 2 aromatic rings. The highest BCUT2D eigenvalue weighted by atomic mass is 79.9. The number of halogens is 1.